The molecule has 3 aromatic rings. The maximum atomic E-state index is 12.7. The van der Waals surface area contributed by atoms with Crippen LogP contribution in [-0.2, 0) is 10.0 Å². The summed E-state index contributed by atoms with van der Waals surface area (Å²) in [7, 11) is -4.04. The quantitative estimate of drug-likeness (QED) is 0.695. The van der Waals surface area contributed by atoms with Crippen molar-refractivity contribution in [1.82, 2.24) is 9.38 Å². The molecule has 24 heavy (non-hydrogen) atoms. The molecule has 2 heterocycles. The summed E-state index contributed by atoms with van der Waals surface area (Å²) < 4.78 is 30.0. The number of thiazole rings is 1. The number of anilines is 1. The Morgan fingerprint density at radius 3 is 2.62 bits per heavy atom. The third kappa shape index (κ3) is 2.99. The third-order valence-corrected chi connectivity index (χ3v) is 6.75. The molecule has 0 bridgehead atoms. The van der Waals surface area contributed by atoms with Crippen molar-refractivity contribution in [2.24, 2.45) is 0 Å². The topological polar surface area (TPSA) is 80.5 Å². The number of fused-ring (bicyclic) bond motifs is 1. The number of rotatable bonds is 3. The number of nitrogens with zero attached hydrogens (tertiary/aromatic N) is 2. The van der Waals surface area contributed by atoms with Gasteiger partial charge in [0.15, 0.2) is 9.86 Å². The van der Waals surface area contributed by atoms with Crippen molar-refractivity contribution in [3.63, 3.8) is 0 Å². The number of aryl methyl sites for hydroxylation is 3. The number of hydrogen-bond donors (Lipinski definition) is 1. The van der Waals surface area contributed by atoms with E-state index in [0.29, 0.717) is 10.6 Å². The van der Waals surface area contributed by atoms with E-state index in [-0.39, 0.29) is 10.6 Å². The van der Waals surface area contributed by atoms with Crippen LogP contribution in [0, 0.1) is 20.8 Å². The number of aromatic nitrogens is 2. The lowest BCUT2D eigenvalue weighted by Gasteiger charge is -2.10. The first-order chi connectivity index (χ1) is 11.2. The number of hydrogen-bond acceptors (Lipinski definition) is 5. The minimum atomic E-state index is -4.04. The first-order valence-corrected chi connectivity index (χ1v) is 10.1. The maximum absolute atomic E-state index is 12.7. The summed E-state index contributed by atoms with van der Waals surface area (Å²) >= 11 is 4.71. The standard InChI is InChI=1S/C15H14BrN3O3S2/c1-8-6-11(4-5-12(8)16)18-24(21,22)13-10(3)17-15-19(14(13)20)7-9(2)23-15/h4-7,18H,1-3H3. The van der Waals surface area contributed by atoms with E-state index in [1.54, 1.807) is 24.4 Å². The molecular weight excluding hydrogens is 414 g/mol. The molecule has 0 fully saturated rings. The van der Waals surface area contributed by atoms with Crippen molar-refractivity contribution < 1.29 is 8.42 Å². The van der Waals surface area contributed by atoms with Gasteiger partial charge in [-0.1, -0.05) is 15.9 Å². The highest BCUT2D eigenvalue weighted by Crippen LogP contribution is 2.23. The molecule has 0 saturated carbocycles. The molecule has 1 N–H and O–H groups in total. The fourth-order valence-electron chi connectivity index (χ4n) is 2.36. The van der Waals surface area contributed by atoms with Gasteiger partial charge in [-0.3, -0.25) is 13.9 Å². The molecule has 0 unspecified atom stereocenters. The Kier molecular flexibility index (Phi) is 4.27. The Morgan fingerprint density at radius 2 is 1.96 bits per heavy atom. The predicted molar refractivity (Wildman–Crippen MR) is 98.5 cm³/mol. The van der Waals surface area contributed by atoms with Crippen molar-refractivity contribution in [3.05, 3.63) is 55.4 Å². The smallest absolute Gasteiger partial charge is 0.279 e. The Morgan fingerprint density at radius 1 is 1.25 bits per heavy atom. The van der Waals surface area contributed by atoms with Gasteiger partial charge in [0.1, 0.15) is 0 Å². The Hall–Kier alpha value is -1.71. The van der Waals surface area contributed by atoms with Crippen LogP contribution in [0.2, 0.25) is 0 Å². The number of halogens is 1. The lowest BCUT2D eigenvalue weighted by atomic mass is 10.2. The summed E-state index contributed by atoms with van der Waals surface area (Å²) in [6.45, 7) is 5.22. The molecule has 0 atom stereocenters. The molecule has 1 aromatic carbocycles. The van der Waals surface area contributed by atoms with Crippen LogP contribution in [0.3, 0.4) is 0 Å². The molecule has 6 nitrogen and oxygen atoms in total. The molecule has 0 saturated heterocycles. The lowest BCUT2D eigenvalue weighted by Crippen LogP contribution is -2.27. The molecule has 9 heteroatoms. The third-order valence-electron chi connectivity index (χ3n) is 3.45. The zero-order valence-corrected chi connectivity index (χ0v) is 16.3. The van der Waals surface area contributed by atoms with E-state index in [4.69, 9.17) is 0 Å². The second kappa shape index (κ2) is 5.98. The first-order valence-electron chi connectivity index (χ1n) is 6.97. The average molecular weight is 428 g/mol. The van der Waals surface area contributed by atoms with Crippen molar-refractivity contribution in [1.29, 1.82) is 0 Å². The molecule has 2 aromatic heterocycles. The summed E-state index contributed by atoms with van der Waals surface area (Å²) in [5.41, 5.74) is 0.859. The largest absolute Gasteiger partial charge is 0.279 e. The monoisotopic (exact) mass is 427 g/mol. The highest BCUT2D eigenvalue weighted by molar-refractivity contribution is 9.10. The van der Waals surface area contributed by atoms with Gasteiger partial charge in [-0.05, 0) is 44.5 Å². The highest BCUT2D eigenvalue weighted by Gasteiger charge is 2.24. The van der Waals surface area contributed by atoms with Gasteiger partial charge < -0.3 is 0 Å². The van der Waals surface area contributed by atoms with Crippen molar-refractivity contribution in [2.75, 3.05) is 4.72 Å². The van der Waals surface area contributed by atoms with Gasteiger partial charge in [-0.15, -0.1) is 11.3 Å². The van der Waals surface area contributed by atoms with Gasteiger partial charge in [0.05, 0.1) is 5.69 Å². The second-order valence-corrected chi connectivity index (χ2v) is 9.08. The van der Waals surface area contributed by atoms with E-state index in [0.717, 1.165) is 14.9 Å². The molecule has 0 amide bonds. The van der Waals surface area contributed by atoms with Crippen molar-refractivity contribution in [3.8, 4) is 0 Å². The summed E-state index contributed by atoms with van der Waals surface area (Å²) in [6.07, 6.45) is 1.59. The van der Waals surface area contributed by atoms with Crippen LogP contribution >= 0.6 is 27.3 Å². The van der Waals surface area contributed by atoms with Crippen LogP contribution < -0.4 is 10.3 Å². The predicted octanol–water partition coefficient (Wildman–Crippen LogP) is 3.24. The summed E-state index contributed by atoms with van der Waals surface area (Å²) in [5, 5.41) is 0. The Labute approximate surface area is 151 Å². The van der Waals surface area contributed by atoms with E-state index >= 15 is 0 Å². The lowest BCUT2D eigenvalue weighted by molar-refractivity contribution is 0.598. The molecule has 0 aliphatic heterocycles. The highest BCUT2D eigenvalue weighted by atomic mass is 79.9. The Bertz CT molecular complexity index is 1120. The molecule has 0 spiro atoms. The van der Waals surface area contributed by atoms with Crippen LogP contribution in [0.5, 0.6) is 0 Å². The zero-order chi connectivity index (χ0) is 17.6. The number of benzene rings is 1. The van der Waals surface area contributed by atoms with Crippen LogP contribution in [-0.4, -0.2) is 17.8 Å². The van der Waals surface area contributed by atoms with E-state index in [2.05, 4.69) is 25.6 Å². The fraction of sp³-hybridized carbons (Fsp3) is 0.200. The van der Waals surface area contributed by atoms with Crippen molar-refractivity contribution >= 4 is 47.9 Å². The van der Waals surface area contributed by atoms with Crippen LogP contribution in [0.4, 0.5) is 5.69 Å². The minimum absolute atomic E-state index is 0.184. The first kappa shape index (κ1) is 17.1. The van der Waals surface area contributed by atoms with Crippen LogP contribution in [0.1, 0.15) is 16.1 Å². The van der Waals surface area contributed by atoms with E-state index in [9.17, 15) is 13.2 Å². The van der Waals surface area contributed by atoms with Gasteiger partial charge in [0.25, 0.3) is 15.6 Å². The Balaban J connectivity index is 2.14. The normalized spacial score (nSPS) is 11.8. The summed E-state index contributed by atoms with van der Waals surface area (Å²) in [4.78, 5) is 17.9. The van der Waals surface area contributed by atoms with Crippen LogP contribution in [0.15, 0.2) is 38.6 Å². The fourth-order valence-corrected chi connectivity index (χ4v) is 4.77. The van der Waals surface area contributed by atoms with Gasteiger partial charge >= 0.3 is 0 Å². The second-order valence-electron chi connectivity index (χ2n) is 5.40. The van der Waals surface area contributed by atoms with Gasteiger partial charge in [-0.25, -0.2) is 13.4 Å². The molecule has 0 aliphatic carbocycles. The minimum Gasteiger partial charge on any atom is -0.279 e. The van der Waals surface area contributed by atoms with E-state index in [1.165, 1.54) is 22.7 Å². The van der Waals surface area contributed by atoms with Gasteiger partial charge in [0, 0.05) is 21.2 Å². The van der Waals surface area contributed by atoms with Gasteiger partial charge in [0.2, 0.25) is 0 Å². The number of sulfonamides is 1. The molecule has 0 aliphatic rings. The van der Waals surface area contributed by atoms with Crippen LogP contribution in [0.25, 0.3) is 4.96 Å². The molecule has 126 valence electrons. The molecule has 3 rings (SSSR count). The number of nitrogens with one attached hydrogen (secondary N) is 1. The molecule has 0 radical (unpaired) electrons. The SMILES string of the molecule is Cc1cn2c(=O)c(S(=O)(=O)Nc3ccc(Br)c(C)c3)c(C)nc2s1. The maximum Gasteiger partial charge on any atom is 0.279 e. The van der Waals surface area contributed by atoms with E-state index < -0.39 is 15.6 Å². The van der Waals surface area contributed by atoms with Gasteiger partial charge in [-0.2, -0.15) is 0 Å². The average Bonchev–Trinajstić information content (AvgIpc) is 2.83. The van der Waals surface area contributed by atoms with E-state index in [1.807, 2.05) is 13.8 Å². The zero-order valence-electron chi connectivity index (χ0n) is 13.1. The summed E-state index contributed by atoms with van der Waals surface area (Å²) in [6, 6.07) is 5.06. The van der Waals surface area contributed by atoms with Crippen molar-refractivity contribution in [2.45, 2.75) is 25.7 Å². The summed E-state index contributed by atoms with van der Waals surface area (Å²) in [5.74, 6) is 0. The molecular formula is C15H14BrN3O3S2.